The Morgan fingerprint density at radius 1 is 1.00 bits per heavy atom. The molecular formula is C7H12Cl2O4. The number of benzene rings is 1. The van der Waals surface area contributed by atoms with Gasteiger partial charge in [-0.05, 0) is 12.1 Å². The molecule has 0 heterocycles. The second-order valence-electron chi connectivity index (χ2n) is 1.67. The molecule has 0 aromatic heterocycles. The SMILES string of the molecule is Cl.Cl.O.O.O=C(O)c1ccccc1. The van der Waals surface area contributed by atoms with Gasteiger partial charge in [-0.15, -0.1) is 24.8 Å². The molecule has 0 atom stereocenters. The summed E-state index contributed by atoms with van der Waals surface area (Å²) in [6, 6.07) is 8.30. The maximum atomic E-state index is 10.2. The van der Waals surface area contributed by atoms with Crippen LogP contribution in [0.1, 0.15) is 10.4 Å². The van der Waals surface area contributed by atoms with Gasteiger partial charge in [-0.3, -0.25) is 0 Å². The van der Waals surface area contributed by atoms with Gasteiger partial charge in [-0.2, -0.15) is 0 Å². The average molecular weight is 231 g/mol. The Hall–Kier alpha value is -0.810. The van der Waals surface area contributed by atoms with E-state index in [1.54, 1.807) is 30.3 Å². The van der Waals surface area contributed by atoms with E-state index in [1.165, 1.54) is 0 Å². The Kier molecular flexibility index (Phi) is 19.6. The molecule has 1 rings (SSSR count). The third-order valence-electron chi connectivity index (χ3n) is 1.02. The molecule has 0 aliphatic heterocycles. The first-order chi connectivity index (χ1) is 4.30. The van der Waals surface area contributed by atoms with E-state index < -0.39 is 5.97 Å². The second-order valence-corrected chi connectivity index (χ2v) is 1.67. The highest BCUT2D eigenvalue weighted by Gasteiger charge is 1.96. The predicted octanol–water partition coefficient (Wildman–Crippen LogP) is 0.579. The van der Waals surface area contributed by atoms with Gasteiger partial charge in [0.2, 0.25) is 0 Å². The number of rotatable bonds is 1. The zero-order chi connectivity index (χ0) is 6.69. The lowest BCUT2D eigenvalue weighted by atomic mass is 10.2. The first-order valence-electron chi connectivity index (χ1n) is 2.59. The number of carboxylic acids is 1. The zero-order valence-electron chi connectivity index (χ0n) is 6.56. The van der Waals surface area contributed by atoms with E-state index in [9.17, 15) is 4.79 Å². The Morgan fingerprint density at radius 3 is 1.62 bits per heavy atom. The van der Waals surface area contributed by atoms with E-state index >= 15 is 0 Å². The summed E-state index contributed by atoms with van der Waals surface area (Å²) in [7, 11) is 0. The minimum absolute atomic E-state index is 0. The number of aromatic carboxylic acids is 1. The van der Waals surface area contributed by atoms with Crippen LogP contribution in [0.5, 0.6) is 0 Å². The number of hydrogen-bond donors (Lipinski definition) is 1. The minimum Gasteiger partial charge on any atom is -0.478 e. The molecule has 1 aromatic rings. The van der Waals surface area contributed by atoms with Gasteiger partial charge in [0.05, 0.1) is 5.56 Å². The molecule has 78 valence electrons. The van der Waals surface area contributed by atoms with E-state index in [1.807, 2.05) is 0 Å². The lowest BCUT2D eigenvalue weighted by Crippen LogP contribution is -1.93. The van der Waals surface area contributed by atoms with Crippen molar-refractivity contribution in [3.63, 3.8) is 0 Å². The smallest absolute Gasteiger partial charge is 0.335 e. The molecule has 0 spiro atoms. The molecule has 0 saturated heterocycles. The van der Waals surface area contributed by atoms with Crippen molar-refractivity contribution in [2.75, 3.05) is 0 Å². The van der Waals surface area contributed by atoms with Gasteiger partial charge >= 0.3 is 5.97 Å². The summed E-state index contributed by atoms with van der Waals surface area (Å²) < 4.78 is 0. The van der Waals surface area contributed by atoms with Crippen LogP contribution < -0.4 is 0 Å². The van der Waals surface area contributed by atoms with Crippen LogP contribution in [-0.2, 0) is 0 Å². The molecule has 0 bridgehead atoms. The summed E-state index contributed by atoms with van der Waals surface area (Å²) in [5, 5.41) is 8.38. The standard InChI is InChI=1S/C7H6O2.2ClH.2H2O/c8-7(9)6-4-2-1-3-5-6;;;;/h1-5H,(H,8,9);2*1H;2*1H2. The first-order valence-corrected chi connectivity index (χ1v) is 2.59. The van der Waals surface area contributed by atoms with Crippen LogP contribution in [0, 0.1) is 0 Å². The van der Waals surface area contributed by atoms with Gasteiger partial charge in [-0.1, -0.05) is 18.2 Å². The summed E-state index contributed by atoms with van der Waals surface area (Å²) >= 11 is 0. The third-order valence-corrected chi connectivity index (χ3v) is 1.02. The van der Waals surface area contributed by atoms with Crippen LogP contribution in [0.15, 0.2) is 30.3 Å². The predicted molar refractivity (Wildman–Crippen MR) is 55.1 cm³/mol. The topological polar surface area (TPSA) is 100 Å². The molecule has 0 radical (unpaired) electrons. The van der Waals surface area contributed by atoms with Gasteiger partial charge < -0.3 is 16.1 Å². The highest BCUT2D eigenvalue weighted by atomic mass is 35.5. The van der Waals surface area contributed by atoms with Crippen molar-refractivity contribution in [1.82, 2.24) is 0 Å². The normalized spacial score (nSPS) is 6.15. The molecule has 13 heavy (non-hydrogen) atoms. The van der Waals surface area contributed by atoms with Crippen molar-refractivity contribution in [3.8, 4) is 0 Å². The van der Waals surface area contributed by atoms with Crippen LogP contribution in [0.25, 0.3) is 0 Å². The minimum atomic E-state index is -0.879. The zero-order valence-corrected chi connectivity index (χ0v) is 8.19. The monoisotopic (exact) mass is 230 g/mol. The second kappa shape index (κ2) is 11.2. The summed E-state index contributed by atoms with van der Waals surface area (Å²) in [6.45, 7) is 0. The molecule has 0 saturated carbocycles. The Morgan fingerprint density at radius 2 is 1.38 bits per heavy atom. The van der Waals surface area contributed by atoms with E-state index in [0.29, 0.717) is 5.56 Å². The maximum absolute atomic E-state index is 10.2. The van der Waals surface area contributed by atoms with Crippen molar-refractivity contribution < 1.29 is 20.9 Å². The van der Waals surface area contributed by atoms with E-state index in [-0.39, 0.29) is 35.8 Å². The maximum Gasteiger partial charge on any atom is 0.335 e. The molecule has 5 N–H and O–H groups in total. The Labute approximate surface area is 88.0 Å². The molecule has 0 unspecified atom stereocenters. The number of carbonyl (C=O) groups is 1. The molecule has 0 fully saturated rings. The number of carboxylic acid groups (broad SMARTS) is 1. The van der Waals surface area contributed by atoms with Crippen LogP contribution in [0.3, 0.4) is 0 Å². The largest absolute Gasteiger partial charge is 0.478 e. The molecule has 0 aliphatic carbocycles. The summed E-state index contributed by atoms with van der Waals surface area (Å²) in [6.07, 6.45) is 0. The van der Waals surface area contributed by atoms with Crippen molar-refractivity contribution in [2.45, 2.75) is 0 Å². The van der Waals surface area contributed by atoms with Crippen LogP contribution in [0.2, 0.25) is 0 Å². The molecular weight excluding hydrogens is 219 g/mol. The van der Waals surface area contributed by atoms with Crippen LogP contribution >= 0.6 is 24.8 Å². The molecule has 0 amide bonds. The fourth-order valence-corrected chi connectivity index (χ4v) is 0.581. The van der Waals surface area contributed by atoms with Gasteiger partial charge in [-0.25, -0.2) is 4.79 Å². The molecule has 4 nitrogen and oxygen atoms in total. The van der Waals surface area contributed by atoms with Crippen molar-refractivity contribution >= 4 is 30.8 Å². The fraction of sp³-hybridized carbons (Fsp3) is 0. The third kappa shape index (κ3) is 7.55. The summed E-state index contributed by atoms with van der Waals surface area (Å²) in [5.41, 5.74) is 0.331. The van der Waals surface area contributed by atoms with E-state index in [2.05, 4.69) is 0 Å². The van der Waals surface area contributed by atoms with Crippen molar-refractivity contribution in [1.29, 1.82) is 0 Å². The highest BCUT2D eigenvalue weighted by Crippen LogP contribution is 1.96. The van der Waals surface area contributed by atoms with Gasteiger partial charge in [0, 0.05) is 0 Å². The lowest BCUT2D eigenvalue weighted by Gasteiger charge is -1.88. The molecule has 0 aliphatic rings. The van der Waals surface area contributed by atoms with Gasteiger partial charge in [0.25, 0.3) is 0 Å². The van der Waals surface area contributed by atoms with E-state index in [0.717, 1.165) is 0 Å². The lowest BCUT2D eigenvalue weighted by molar-refractivity contribution is 0.0697. The Balaban J connectivity index is -0.000000101. The molecule has 1 aromatic carbocycles. The summed E-state index contributed by atoms with van der Waals surface area (Å²) in [5.74, 6) is -0.879. The fourth-order valence-electron chi connectivity index (χ4n) is 0.581. The highest BCUT2D eigenvalue weighted by molar-refractivity contribution is 5.87. The van der Waals surface area contributed by atoms with Crippen molar-refractivity contribution in [2.24, 2.45) is 0 Å². The van der Waals surface area contributed by atoms with Gasteiger partial charge in [0.15, 0.2) is 0 Å². The first kappa shape index (κ1) is 22.8. The van der Waals surface area contributed by atoms with Crippen LogP contribution in [-0.4, -0.2) is 22.0 Å². The Bertz CT molecular complexity index is 215. The van der Waals surface area contributed by atoms with Gasteiger partial charge in [0.1, 0.15) is 0 Å². The molecule has 6 heteroatoms. The average Bonchev–Trinajstić information content (AvgIpc) is 1.90. The van der Waals surface area contributed by atoms with E-state index in [4.69, 9.17) is 5.11 Å². The quantitative estimate of drug-likeness (QED) is 0.764. The number of hydrogen-bond acceptors (Lipinski definition) is 1. The van der Waals surface area contributed by atoms with Crippen LogP contribution in [0.4, 0.5) is 0 Å². The summed E-state index contributed by atoms with van der Waals surface area (Å²) in [4.78, 5) is 10.2. The van der Waals surface area contributed by atoms with Crippen molar-refractivity contribution in [3.05, 3.63) is 35.9 Å². The number of halogens is 2.